The van der Waals surface area contributed by atoms with Gasteiger partial charge in [0.15, 0.2) is 0 Å². The Morgan fingerprint density at radius 3 is 2.67 bits per heavy atom. The molecule has 0 radical (unpaired) electrons. The van der Waals surface area contributed by atoms with Crippen molar-refractivity contribution < 1.29 is 14.6 Å². The van der Waals surface area contributed by atoms with Crippen molar-refractivity contribution in [3.05, 3.63) is 65.2 Å². The highest BCUT2D eigenvalue weighted by Gasteiger charge is 2.33. The number of aliphatic hydroxyl groups excluding tert-OH is 1. The molecule has 0 saturated carbocycles. The van der Waals surface area contributed by atoms with E-state index >= 15 is 0 Å². The Balaban J connectivity index is 1.78. The van der Waals surface area contributed by atoms with Crippen molar-refractivity contribution in [1.82, 2.24) is 10.2 Å². The topological polar surface area (TPSA) is 61.8 Å². The molecule has 2 atom stereocenters. The largest absolute Gasteiger partial charge is 0.496 e. The summed E-state index contributed by atoms with van der Waals surface area (Å²) in [6, 6.07) is 16.3. The third-order valence-electron chi connectivity index (χ3n) is 5.94. The van der Waals surface area contributed by atoms with Crippen LogP contribution in [0.5, 0.6) is 5.75 Å². The van der Waals surface area contributed by atoms with Gasteiger partial charge in [-0.1, -0.05) is 62.2 Å². The number of nitrogens with zero attached hydrogens (tertiary/aromatic N) is 1. The first-order chi connectivity index (χ1) is 14.7. The van der Waals surface area contributed by atoms with Crippen LogP contribution < -0.4 is 10.1 Å². The first-order valence-corrected chi connectivity index (χ1v) is 11.0. The number of amides is 1. The number of benzene rings is 2. The zero-order chi connectivity index (χ0) is 21.3. The molecule has 3 rings (SSSR count). The van der Waals surface area contributed by atoms with Crippen molar-refractivity contribution in [2.75, 3.05) is 26.8 Å². The Bertz CT molecular complexity index is 824. The van der Waals surface area contributed by atoms with Crippen molar-refractivity contribution in [2.24, 2.45) is 0 Å². The first kappa shape index (κ1) is 22.3. The lowest BCUT2D eigenvalue weighted by Crippen LogP contribution is -2.42. The second-order valence-corrected chi connectivity index (χ2v) is 7.91. The van der Waals surface area contributed by atoms with E-state index in [1.807, 2.05) is 29.2 Å². The molecule has 0 fully saturated rings. The summed E-state index contributed by atoms with van der Waals surface area (Å²) in [6.45, 7) is 3.52. The van der Waals surface area contributed by atoms with Gasteiger partial charge >= 0.3 is 0 Å². The molecule has 0 aromatic heterocycles. The van der Waals surface area contributed by atoms with Crippen LogP contribution in [0.1, 0.15) is 55.3 Å². The van der Waals surface area contributed by atoms with E-state index < -0.39 is 0 Å². The first-order valence-electron chi connectivity index (χ1n) is 11.0. The molecular formula is C25H34N2O3. The summed E-state index contributed by atoms with van der Waals surface area (Å²) in [4.78, 5) is 15.2. The number of hydrogen-bond acceptors (Lipinski definition) is 4. The molecule has 2 aromatic rings. The summed E-state index contributed by atoms with van der Waals surface area (Å²) in [5.74, 6) is 0.926. The summed E-state index contributed by atoms with van der Waals surface area (Å²) >= 11 is 0. The number of carbonyl (C=O) groups is 1. The minimum atomic E-state index is -0.146. The summed E-state index contributed by atoms with van der Waals surface area (Å²) in [7, 11) is 1.68. The maximum Gasteiger partial charge on any atom is 0.224 e. The van der Waals surface area contributed by atoms with Crippen LogP contribution in [0.4, 0.5) is 0 Å². The monoisotopic (exact) mass is 410 g/mol. The molecule has 0 spiro atoms. The number of carbonyl (C=O) groups excluding carboxylic acids is 1. The summed E-state index contributed by atoms with van der Waals surface area (Å²) in [5, 5.41) is 12.9. The highest BCUT2D eigenvalue weighted by Crippen LogP contribution is 2.39. The molecule has 1 aliphatic heterocycles. The number of nitrogens with one attached hydrogen (secondary N) is 1. The minimum absolute atomic E-state index is 0.0600. The number of ether oxygens (including phenoxy) is 1. The molecule has 0 saturated heterocycles. The van der Waals surface area contributed by atoms with Gasteiger partial charge in [0.1, 0.15) is 5.75 Å². The fourth-order valence-electron chi connectivity index (χ4n) is 4.30. The average molecular weight is 411 g/mol. The van der Waals surface area contributed by atoms with Crippen LogP contribution in [0, 0.1) is 0 Å². The zero-order valence-corrected chi connectivity index (χ0v) is 18.1. The lowest BCUT2D eigenvalue weighted by atomic mass is 9.87. The van der Waals surface area contributed by atoms with Gasteiger partial charge in [0.05, 0.1) is 19.8 Å². The lowest BCUT2D eigenvalue weighted by Gasteiger charge is -2.38. The molecule has 2 N–H and O–H groups in total. The molecule has 0 bridgehead atoms. The maximum absolute atomic E-state index is 13.3. The molecule has 1 amide bonds. The van der Waals surface area contributed by atoms with Crippen LogP contribution in [-0.4, -0.2) is 48.8 Å². The molecule has 30 heavy (non-hydrogen) atoms. The summed E-state index contributed by atoms with van der Waals surface area (Å²) < 4.78 is 5.63. The Morgan fingerprint density at radius 2 is 1.93 bits per heavy atom. The van der Waals surface area contributed by atoms with Gasteiger partial charge < -0.3 is 20.1 Å². The van der Waals surface area contributed by atoms with Gasteiger partial charge in [-0.15, -0.1) is 0 Å². The Morgan fingerprint density at radius 1 is 1.20 bits per heavy atom. The molecule has 1 heterocycles. The highest BCUT2D eigenvalue weighted by atomic mass is 16.5. The number of methoxy groups -OCH3 is 1. The molecule has 0 aliphatic carbocycles. The number of para-hydroxylation sites is 1. The van der Waals surface area contributed by atoms with Gasteiger partial charge in [0.25, 0.3) is 0 Å². The third-order valence-corrected chi connectivity index (χ3v) is 5.94. The van der Waals surface area contributed by atoms with E-state index in [1.165, 1.54) is 11.1 Å². The normalized spacial score (nSPS) is 16.8. The van der Waals surface area contributed by atoms with Crippen LogP contribution in [0.3, 0.4) is 0 Å². The van der Waals surface area contributed by atoms with Crippen LogP contribution in [0.25, 0.3) is 0 Å². The van der Waals surface area contributed by atoms with E-state index in [2.05, 4.69) is 36.5 Å². The lowest BCUT2D eigenvalue weighted by molar-refractivity contribution is -0.133. The predicted octanol–water partition coefficient (Wildman–Crippen LogP) is 3.70. The van der Waals surface area contributed by atoms with Gasteiger partial charge in [-0.05, 0) is 30.0 Å². The third kappa shape index (κ3) is 5.21. The quantitative estimate of drug-likeness (QED) is 0.627. The van der Waals surface area contributed by atoms with Gasteiger partial charge in [-0.3, -0.25) is 4.79 Å². The van der Waals surface area contributed by atoms with Crippen LogP contribution >= 0.6 is 0 Å². The summed E-state index contributed by atoms with van der Waals surface area (Å²) in [6.07, 6.45) is 4.38. The van der Waals surface area contributed by atoms with Crippen molar-refractivity contribution in [2.45, 2.75) is 51.1 Å². The standard InChI is InChI=1S/C25H34N2O3/c1-3-4-10-20(18-28)26-16-14-24(29)27-17-15-19-9-5-6-11-21(19)25(27)22-12-7-8-13-23(22)30-2/h5-9,11-13,20,25-26,28H,3-4,10,14-18H2,1-2H3/t20?,25-/m0/s1. The van der Waals surface area contributed by atoms with Crippen LogP contribution in [-0.2, 0) is 11.2 Å². The number of aliphatic hydroxyl groups is 1. The fraction of sp³-hybridized carbons (Fsp3) is 0.480. The average Bonchev–Trinajstić information content (AvgIpc) is 2.80. The number of unbranched alkanes of at least 4 members (excludes halogenated alkanes) is 1. The summed E-state index contributed by atoms with van der Waals surface area (Å²) in [5.41, 5.74) is 3.48. The van der Waals surface area contributed by atoms with E-state index in [4.69, 9.17) is 4.74 Å². The maximum atomic E-state index is 13.3. The number of hydrogen-bond donors (Lipinski definition) is 2. The molecule has 5 nitrogen and oxygen atoms in total. The number of rotatable bonds is 10. The molecule has 5 heteroatoms. The van der Waals surface area contributed by atoms with Crippen molar-refractivity contribution in [3.8, 4) is 5.75 Å². The van der Waals surface area contributed by atoms with Gasteiger partial charge in [-0.25, -0.2) is 0 Å². The Labute approximate surface area is 180 Å². The highest BCUT2D eigenvalue weighted by molar-refractivity contribution is 5.78. The smallest absolute Gasteiger partial charge is 0.224 e. The molecular weight excluding hydrogens is 376 g/mol. The zero-order valence-electron chi connectivity index (χ0n) is 18.1. The Kier molecular flexibility index (Phi) is 8.29. The second-order valence-electron chi connectivity index (χ2n) is 7.91. The second kappa shape index (κ2) is 11.1. The molecule has 1 aliphatic rings. The van der Waals surface area contributed by atoms with Crippen molar-refractivity contribution >= 4 is 5.91 Å². The van der Waals surface area contributed by atoms with E-state index in [-0.39, 0.29) is 24.6 Å². The van der Waals surface area contributed by atoms with Gasteiger partial charge in [0, 0.05) is 31.1 Å². The predicted molar refractivity (Wildman–Crippen MR) is 120 cm³/mol. The van der Waals surface area contributed by atoms with Crippen molar-refractivity contribution in [3.63, 3.8) is 0 Å². The molecule has 162 valence electrons. The van der Waals surface area contributed by atoms with Crippen molar-refractivity contribution in [1.29, 1.82) is 0 Å². The van der Waals surface area contributed by atoms with Crippen LogP contribution in [0.15, 0.2) is 48.5 Å². The van der Waals surface area contributed by atoms with E-state index in [9.17, 15) is 9.90 Å². The van der Waals surface area contributed by atoms with Crippen LogP contribution in [0.2, 0.25) is 0 Å². The van der Waals surface area contributed by atoms with E-state index in [0.29, 0.717) is 19.5 Å². The Hall–Kier alpha value is -2.37. The van der Waals surface area contributed by atoms with E-state index in [0.717, 1.165) is 37.0 Å². The SMILES string of the molecule is CCCCC(CO)NCCC(=O)N1CCc2ccccc2[C@H]1c1ccccc1OC. The minimum Gasteiger partial charge on any atom is -0.496 e. The number of fused-ring (bicyclic) bond motifs is 1. The van der Waals surface area contributed by atoms with Gasteiger partial charge in [0.2, 0.25) is 5.91 Å². The fourth-order valence-corrected chi connectivity index (χ4v) is 4.30. The van der Waals surface area contributed by atoms with E-state index in [1.54, 1.807) is 7.11 Å². The molecule has 1 unspecified atom stereocenters. The molecule has 2 aromatic carbocycles. The van der Waals surface area contributed by atoms with Gasteiger partial charge in [-0.2, -0.15) is 0 Å².